The largest absolute Gasteiger partial charge is 0.326 e. The summed E-state index contributed by atoms with van der Waals surface area (Å²) in [6, 6.07) is 12.0. The van der Waals surface area contributed by atoms with Gasteiger partial charge in [0.25, 0.3) is 0 Å². The van der Waals surface area contributed by atoms with Crippen LogP contribution in [-0.2, 0) is 11.2 Å². The monoisotopic (exact) mass is 287 g/mol. The molecule has 0 fully saturated rings. The van der Waals surface area contributed by atoms with Crippen LogP contribution in [0.25, 0.3) is 0 Å². The molecule has 1 N–H and O–H groups in total. The Morgan fingerprint density at radius 1 is 1.15 bits per heavy atom. The summed E-state index contributed by atoms with van der Waals surface area (Å²) >= 11 is 6.02. The van der Waals surface area contributed by atoms with Gasteiger partial charge in [-0.2, -0.15) is 0 Å². The summed E-state index contributed by atoms with van der Waals surface area (Å²) in [4.78, 5) is 11.2. The minimum atomic E-state index is -0.0462. The number of carbonyl (C=O) groups is 1. The number of rotatable bonds is 3. The van der Waals surface area contributed by atoms with Gasteiger partial charge in [0.2, 0.25) is 5.91 Å². The molecule has 2 aromatic rings. The Kier molecular flexibility index (Phi) is 4.46. The van der Waals surface area contributed by atoms with Crippen LogP contribution in [0.1, 0.15) is 29.2 Å². The molecular weight excluding hydrogens is 270 g/mol. The number of aryl methyl sites for hydroxylation is 2. The van der Waals surface area contributed by atoms with E-state index in [9.17, 15) is 4.79 Å². The van der Waals surface area contributed by atoms with Crippen molar-refractivity contribution in [2.75, 3.05) is 5.32 Å². The van der Waals surface area contributed by atoms with Crippen LogP contribution in [-0.4, -0.2) is 5.91 Å². The van der Waals surface area contributed by atoms with E-state index in [0.29, 0.717) is 0 Å². The minimum Gasteiger partial charge on any atom is -0.326 e. The zero-order chi connectivity index (χ0) is 14.7. The van der Waals surface area contributed by atoms with Gasteiger partial charge in [-0.3, -0.25) is 4.79 Å². The number of carbonyl (C=O) groups excluding carboxylic acids is 1. The number of hydrogen-bond donors (Lipinski definition) is 1. The molecule has 0 aliphatic carbocycles. The molecule has 0 bridgehead atoms. The second-order valence-electron chi connectivity index (χ2n) is 5.08. The quantitative estimate of drug-likeness (QED) is 0.884. The van der Waals surface area contributed by atoms with E-state index >= 15 is 0 Å². The molecule has 0 aliphatic rings. The first-order chi connectivity index (χ1) is 9.45. The first-order valence-corrected chi connectivity index (χ1v) is 6.95. The molecule has 0 unspecified atom stereocenters. The fourth-order valence-electron chi connectivity index (χ4n) is 2.26. The van der Waals surface area contributed by atoms with Crippen LogP contribution in [0.2, 0.25) is 5.02 Å². The molecule has 20 heavy (non-hydrogen) atoms. The van der Waals surface area contributed by atoms with Crippen LogP contribution in [0, 0.1) is 13.8 Å². The van der Waals surface area contributed by atoms with Crippen LogP contribution in [0.4, 0.5) is 5.69 Å². The Morgan fingerprint density at radius 3 is 2.55 bits per heavy atom. The van der Waals surface area contributed by atoms with E-state index in [4.69, 9.17) is 11.6 Å². The van der Waals surface area contributed by atoms with Gasteiger partial charge < -0.3 is 5.32 Å². The number of benzene rings is 2. The fourth-order valence-corrected chi connectivity index (χ4v) is 2.47. The smallest absolute Gasteiger partial charge is 0.221 e. The fraction of sp³-hybridized carbons (Fsp3) is 0.235. The van der Waals surface area contributed by atoms with E-state index in [-0.39, 0.29) is 5.91 Å². The van der Waals surface area contributed by atoms with Crippen LogP contribution in [0.15, 0.2) is 36.4 Å². The zero-order valence-electron chi connectivity index (χ0n) is 12.0. The van der Waals surface area contributed by atoms with Gasteiger partial charge in [-0.15, -0.1) is 0 Å². The third-order valence-corrected chi connectivity index (χ3v) is 3.51. The summed E-state index contributed by atoms with van der Waals surface area (Å²) in [5, 5.41) is 3.61. The molecule has 0 aromatic heterocycles. The Balaban J connectivity index is 2.29. The van der Waals surface area contributed by atoms with Gasteiger partial charge in [-0.05, 0) is 60.7 Å². The van der Waals surface area contributed by atoms with Crippen molar-refractivity contribution in [3.05, 3.63) is 63.7 Å². The average molecular weight is 288 g/mol. The molecule has 0 saturated heterocycles. The van der Waals surface area contributed by atoms with Crippen molar-refractivity contribution in [3.8, 4) is 0 Å². The molecule has 0 aliphatic heterocycles. The maximum absolute atomic E-state index is 11.2. The lowest BCUT2D eigenvalue weighted by molar-refractivity contribution is -0.114. The van der Waals surface area contributed by atoms with Crippen molar-refractivity contribution in [2.45, 2.75) is 27.2 Å². The Bertz CT molecular complexity index is 649. The van der Waals surface area contributed by atoms with Crippen molar-refractivity contribution >= 4 is 23.2 Å². The van der Waals surface area contributed by atoms with Gasteiger partial charge in [-0.1, -0.05) is 29.8 Å². The van der Waals surface area contributed by atoms with Crippen molar-refractivity contribution < 1.29 is 4.79 Å². The molecule has 0 radical (unpaired) electrons. The highest BCUT2D eigenvalue weighted by Gasteiger charge is 2.07. The number of nitrogens with one attached hydrogen (secondary N) is 1. The molecular formula is C17H18ClNO. The third kappa shape index (κ3) is 3.61. The molecule has 0 heterocycles. The highest BCUT2D eigenvalue weighted by Crippen LogP contribution is 2.23. The summed E-state index contributed by atoms with van der Waals surface area (Å²) in [7, 11) is 0. The average Bonchev–Trinajstić information content (AvgIpc) is 2.35. The first-order valence-electron chi connectivity index (χ1n) is 6.58. The van der Waals surface area contributed by atoms with Gasteiger partial charge in [0.1, 0.15) is 0 Å². The topological polar surface area (TPSA) is 29.1 Å². The van der Waals surface area contributed by atoms with E-state index in [2.05, 4.69) is 24.4 Å². The lowest BCUT2D eigenvalue weighted by Gasteiger charge is -2.13. The second kappa shape index (κ2) is 6.10. The molecule has 0 saturated carbocycles. The molecule has 2 nitrogen and oxygen atoms in total. The normalized spacial score (nSPS) is 10.4. The van der Waals surface area contributed by atoms with Gasteiger partial charge in [0, 0.05) is 17.6 Å². The lowest BCUT2D eigenvalue weighted by atomic mass is 9.97. The Morgan fingerprint density at radius 2 is 1.90 bits per heavy atom. The molecule has 2 aromatic carbocycles. The predicted molar refractivity (Wildman–Crippen MR) is 84.5 cm³/mol. The van der Waals surface area contributed by atoms with E-state index < -0.39 is 0 Å². The number of anilines is 1. The SMILES string of the molecule is CC(=O)Nc1cc(C)c(Cc2cccc(Cl)c2)cc1C. The van der Waals surface area contributed by atoms with Crippen molar-refractivity contribution in [3.63, 3.8) is 0 Å². The molecule has 0 atom stereocenters. The van der Waals surface area contributed by atoms with Gasteiger partial charge >= 0.3 is 0 Å². The number of amides is 1. The highest BCUT2D eigenvalue weighted by molar-refractivity contribution is 6.30. The summed E-state index contributed by atoms with van der Waals surface area (Å²) in [6.07, 6.45) is 0.841. The maximum Gasteiger partial charge on any atom is 0.221 e. The second-order valence-corrected chi connectivity index (χ2v) is 5.52. The van der Waals surface area contributed by atoms with Crippen molar-refractivity contribution in [1.29, 1.82) is 0 Å². The van der Waals surface area contributed by atoms with Gasteiger partial charge in [0.05, 0.1) is 0 Å². The van der Waals surface area contributed by atoms with E-state index in [0.717, 1.165) is 22.7 Å². The van der Waals surface area contributed by atoms with Crippen LogP contribution >= 0.6 is 11.6 Å². The standard InChI is InChI=1S/C17H18ClNO/c1-11-8-17(19-13(3)20)12(2)7-15(11)9-14-5-4-6-16(18)10-14/h4-8,10H,9H2,1-3H3,(H,19,20). The minimum absolute atomic E-state index is 0.0462. The first kappa shape index (κ1) is 14.6. The molecule has 1 amide bonds. The van der Waals surface area contributed by atoms with Crippen molar-refractivity contribution in [1.82, 2.24) is 0 Å². The number of hydrogen-bond acceptors (Lipinski definition) is 1. The number of halogens is 1. The highest BCUT2D eigenvalue weighted by atomic mass is 35.5. The summed E-state index contributed by atoms with van der Waals surface area (Å²) < 4.78 is 0. The molecule has 104 valence electrons. The van der Waals surface area contributed by atoms with E-state index in [1.165, 1.54) is 23.6 Å². The van der Waals surface area contributed by atoms with Gasteiger partial charge in [-0.25, -0.2) is 0 Å². The maximum atomic E-state index is 11.2. The van der Waals surface area contributed by atoms with Crippen LogP contribution in [0.5, 0.6) is 0 Å². The predicted octanol–water partition coefficient (Wildman–Crippen LogP) is 4.51. The lowest BCUT2D eigenvalue weighted by Crippen LogP contribution is -2.08. The summed E-state index contributed by atoms with van der Waals surface area (Å²) in [6.45, 7) is 5.59. The van der Waals surface area contributed by atoms with E-state index in [1.807, 2.05) is 31.2 Å². The molecule has 2 rings (SSSR count). The summed E-state index contributed by atoms with van der Waals surface area (Å²) in [5.41, 5.74) is 5.55. The Labute approximate surface area is 124 Å². The van der Waals surface area contributed by atoms with E-state index in [1.54, 1.807) is 0 Å². The third-order valence-electron chi connectivity index (χ3n) is 3.28. The van der Waals surface area contributed by atoms with Crippen LogP contribution < -0.4 is 5.32 Å². The molecule has 3 heteroatoms. The zero-order valence-corrected chi connectivity index (χ0v) is 12.7. The van der Waals surface area contributed by atoms with Crippen molar-refractivity contribution in [2.24, 2.45) is 0 Å². The molecule has 0 spiro atoms. The Hall–Kier alpha value is -1.80. The van der Waals surface area contributed by atoms with Gasteiger partial charge in [0.15, 0.2) is 0 Å². The summed E-state index contributed by atoms with van der Waals surface area (Å²) in [5.74, 6) is -0.0462. The van der Waals surface area contributed by atoms with Crippen LogP contribution in [0.3, 0.4) is 0 Å².